The number of sulfonamides is 1. The molecule has 1 amide bonds. The van der Waals surface area contributed by atoms with E-state index < -0.39 is 10.0 Å². The minimum Gasteiger partial charge on any atom is -0.369 e. The largest absolute Gasteiger partial charge is 0.369 e. The summed E-state index contributed by atoms with van der Waals surface area (Å²) in [5, 5.41) is 0. The van der Waals surface area contributed by atoms with Crippen molar-refractivity contribution in [3.05, 3.63) is 30.3 Å². The van der Waals surface area contributed by atoms with Crippen molar-refractivity contribution in [1.29, 1.82) is 0 Å². The highest BCUT2D eigenvalue weighted by Crippen LogP contribution is 2.26. The molecule has 0 spiro atoms. The Hall–Kier alpha value is -1.44. The predicted molar refractivity (Wildman–Crippen MR) is 94.5 cm³/mol. The number of carbonyl (C=O) groups is 1. The summed E-state index contributed by atoms with van der Waals surface area (Å²) in [4.78, 5) is 14.7. The molecule has 7 heteroatoms. The second-order valence-corrected chi connectivity index (χ2v) is 8.89. The highest BCUT2D eigenvalue weighted by molar-refractivity contribution is 7.89. The summed E-state index contributed by atoms with van der Waals surface area (Å²) >= 11 is 0. The Kier molecular flexibility index (Phi) is 5.46. The van der Waals surface area contributed by atoms with Gasteiger partial charge in [0.15, 0.2) is 0 Å². The van der Waals surface area contributed by atoms with Crippen LogP contribution in [0.2, 0.25) is 0 Å². The number of hydrogen-bond acceptors (Lipinski definition) is 4. The summed E-state index contributed by atoms with van der Waals surface area (Å²) in [5.74, 6) is 0.160. The number of nitrogens with zero attached hydrogens (tertiary/aromatic N) is 2. The molecule has 2 fully saturated rings. The van der Waals surface area contributed by atoms with Gasteiger partial charge in [-0.2, -0.15) is 4.31 Å². The van der Waals surface area contributed by atoms with Gasteiger partial charge in [-0.15, -0.1) is 0 Å². The Morgan fingerprint density at radius 3 is 2.32 bits per heavy atom. The van der Waals surface area contributed by atoms with E-state index in [4.69, 9.17) is 4.74 Å². The SMILES string of the molecule is CCC[C@H](C)C(=O)N1C[C@@H]2CN(S(=O)(=O)c3ccccc3)C[C@H](C1)O2. The Bertz CT molecular complexity index is 693. The zero-order valence-corrected chi connectivity index (χ0v) is 15.6. The van der Waals surface area contributed by atoms with Gasteiger partial charge >= 0.3 is 0 Å². The van der Waals surface area contributed by atoms with Gasteiger partial charge in [0, 0.05) is 32.1 Å². The molecule has 2 aliphatic heterocycles. The molecule has 0 unspecified atom stereocenters. The molecule has 6 nitrogen and oxygen atoms in total. The molecule has 0 saturated carbocycles. The van der Waals surface area contributed by atoms with E-state index in [2.05, 4.69) is 6.92 Å². The maximum absolute atomic E-state index is 12.8. The van der Waals surface area contributed by atoms with Crippen molar-refractivity contribution in [2.45, 2.75) is 43.8 Å². The topological polar surface area (TPSA) is 66.9 Å². The van der Waals surface area contributed by atoms with Gasteiger partial charge in [0.05, 0.1) is 17.1 Å². The highest BCUT2D eigenvalue weighted by Gasteiger charge is 2.41. The van der Waals surface area contributed by atoms with Crippen LogP contribution in [0.1, 0.15) is 26.7 Å². The van der Waals surface area contributed by atoms with Crippen molar-refractivity contribution < 1.29 is 17.9 Å². The summed E-state index contributed by atoms with van der Waals surface area (Å²) in [6, 6.07) is 8.48. The minimum absolute atomic E-state index is 0.00739. The van der Waals surface area contributed by atoms with E-state index in [1.54, 1.807) is 30.3 Å². The van der Waals surface area contributed by atoms with Gasteiger partial charge in [-0.25, -0.2) is 8.42 Å². The average molecular weight is 366 g/mol. The normalized spacial score (nSPS) is 25.6. The predicted octanol–water partition coefficient (Wildman–Crippen LogP) is 1.72. The fourth-order valence-electron chi connectivity index (χ4n) is 3.64. The van der Waals surface area contributed by atoms with Crippen LogP contribution in [-0.4, -0.2) is 61.9 Å². The molecule has 2 heterocycles. The van der Waals surface area contributed by atoms with Gasteiger partial charge in [-0.1, -0.05) is 38.5 Å². The number of ether oxygens (including phenoxy) is 1. The molecule has 3 rings (SSSR count). The number of morpholine rings is 2. The lowest BCUT2D eigenvalue weighted by Crippen LogP contribution is -2.61. The monoisotopic (exact) mass is 366 g/mol. The first-order valence-corrected chi connectivity index (χ1v) is 10.3. The second-order valence-electron chi connectivity index (χ2n) is 6.95. The molecule has 1 aromatic carbocycles. The van der Waals surface area contributed by atoms with Crippen LogP contribution in [0.5, 0.6) is 0 Å². The van der Waals surface area contributed by atoms with Crippen LogP contribution in [-0.2, 0) is 19.6 Å². The fourth-order valence-corrected chi connectivity index (χ4v) is 5.16. The third kappa shape index (κ3) is 3.88. The van der Waals surface area contributed by atoms with E-state index in [-0.39, 0.29) is 24.0 Å². The summed E-state index contributed by atoms with van der Waals surface area (Å²) in [6.07, 6.45) is 1.33. The van der Waals surface area contributed by atoms with E-state index in [9.17, 15) is 13.2 Å². The number of benzene rings is 1. The third-order valence-corrected chi connectivity index (χ3v) is 6.73. The quantitative estimate of drug-likeness (QED) is 0.796. The molecular formula is C18H26N2O4S. The first kappa shape index (κ1) is 18.4. The van der Waals surface area contributed by atoms with Gasteiger partial charge in [0.2, 0.25) is 15.9 Å². The third-order valence-electron chi connectivity index (χ3n) is 4.88. The van der Waals surface area contributed by atoms with E-state index in [0.717, 1.165) is 12.8 Å². The van der Waals surface area contributed by atoms with Crippen LogP contribution in [0.4, 0.5) is 0 Å². The maximum Gasteiger partial charge on any atom is 0.243 e. The lowest BCUT2D eigenvalue weighted by molar-refractivity contribution is -0.157. The van der Waals surface area contributed by atoms with Crippen LogP contribution < -0.4 is 0 Å². The van der Waals surface area contributed by atoms with Gasteiger partial charge in [0.25, 0.3) is 0 Å². The lowest BCUT2D eigenvalue weighted by atomic mass is 10.0. The smallest absolute Gasteiger partial charge is 0.243 e. The van der Waals surface area contributed by atoms with E-state index in [0.29, 0.717) is 31.1 Å². The summed E-state index contributed by atoms with van der Waals surface area (Å²) < 4.78 is 33.0. The Labute approximate surface area is 149 Å². The van der Waals surface area contributed by atoms with Crippen molar-refractivity contribution >= 4 is 15.9 Å². The molecule has 1 aromatic rings. The van der Waals surface area contributed by atoms with E-state index >= 15 is 0 Å². The zero-order valence-electron chi connectivity index (χ0n) is 14.8. The number of carbonyl (C=O) groups excluding carboxylic acids is 1. The second kappa shape index (κ2) is 7.43. The summed E-state index contributed by atoms with van der Waals surface area (Å²) in [5.41, 5.74) is 0. The molecule has 0 N–H and O–H groups in total. The van der Waals surface area contributed by atoms with Crippen molar-refractivity contribution in [2.75, 3.05) is 26.2 Å². The zero-order chi connectivity index (χ0) is 18.0. The summed E-state index contributed by atoms with van der Waals surface area (Å²) in [7, 11) is -3.52. The van der Waals surface area contributed by atoms with Crippen molar-refractivity contribution in [3.63, 3.8) is 0 Å². The van der Waals surface area contributed by atoms with Gasteiger partial charge in [-0.3, -0.25) is 4.79 Å². The Balaban J connectivity index is 1.70. The van der Waals surface area contributed by atoms with Crippen LogP contribution >= 0.6 is 0 Å². The van der Waals surface area contributed by atoms with Gasteiger partial charge in [0.1, 0.15) is 0 Å². The van der Waals surface area contributed by atoms with Crippen molar-refractivity contribution in [1.82, 2.24) is 9.21 Å². The van der Waals surface area contributed by atoms with Crippen LogP contribution in [0, 0.1) is 5.92 Å². The lowest BCUT2D eigenvalue weighted by Gasteiger charge is -2.45. The van der Waals surface area contributed by atoms with Crippen LogP contribution in [0.15, 0.2) is 35.2 Å². The highest BCUT2D eigenvalue weighted by atomic mass is 32.2. The number of amides is 1. The van der Waals surface area contributed by atoms with Crippen LogP contribution in [0.3, 0.4) is 0 Å². The molecule has 0 aromatic heterocycles. The minimum atomic E-state index is -3.52. The van der Waals surface area contributed by atoms with E-state index in [1.165, 1.54) is 4.31 Å². The molecule has 2 bridgehead atoms. The number of rotatable bonds is 5. The molecule has 3 atom stereocenters. The fraction of sp³-hybridized carbons (Fsp3) is 0.611. The molecule has 2 saturated heterocycles. The van der Waals surface area contributed by atoms with Crippen molar-refractivity contribution in [3.8, 4) is 0 Å². The first-order valence-electron chi connectivity index (χ1n) is 8.91. The molecule has 2 aliphatic rings. The van der Waals surface area contributed by atoms with Crippen molar-refractivity contribution in [2.24, 2.45) is 5.92 Å². The molecule has 25 heavy (non-hydrogen) atoms. The maximum atomic E-state index is 12.8. The molecule has 0 radical (unpaired) electrons. The Morgan fingerprint density at radius 2 is 1.76 bits per heavy atom. The van der Waals surface area contributed by atoms with Crippen LogP contribution in [0.25, 0.3) is 0 Å². The molecular weight excluding hydrogens is 340 g/mol. The average Bonchev–Trinajstić information content (AvgIpc) is 2.61. The van der Waals surface area contributed by atoms with E-state index in [1.807, 2.05) is 11.8 Å². The standard InChI is InChI=1S/C18H26N2O4S/c1-3-7-14(2)18(21)19-10-15-12-20(13-16(11-19)24-15)25(22,23)17-8-5-4-6-9-17/h4-6,8-9,14-16H,3,7,10-13H2,1-2H3/t14-,15-,16+/m0/s1. The van der Waals surface area contributed by atoms with Gasteiger partial charge in [-0.05, 0) is 18.6 Å². The molecule has 138 valence electrons. The van der Waals surface area contributed by atoms with Gasteiger partial charge < -0.3 is 9.64 Å². The first-order chi connectivity index (χ1) is 11.9. The number of hydrogen-bond donors (Lipinski definition) is 0. The molecule has 0 aliphatic carbocycles. The number of fused-ring (bicyclic) bond motifs is 2. The summed E-state index contributed by atoms with van der Waals surface area (Å²) in [6.45, 7) is 5.54. The Morgan fingerprint density at radius 1 is 1.16 bits per heavy atom.